The van der Waals surface area contributed by atoms with Gasteiger partial charge in [0.25, 0.3) is 0 Å². The van der Waals surface area contributed by atoms with E-state index in [1.54, 1.807) is 16.9 Å². The Morgan fingerprint density at radius 1 is 1.03 bits per heavy atom. The Morgan fingerprint density at radius 3 is 2.57 bits per heavy atom. The van der Waals surface area contributed by atoms with Crippen molar-refractivity contribution < 1.29 is 4.42 Å². The van der Waals surface area contributed by atoms with E-state index in [9.17, 15) is 4.79 Å². The highest BCUT2D eigenvalue weighted by atomic mass is 16.4. The fraction of sp³-hybridized carbons (Fsp3) is 0.136. The molecule has 30 heavy (non-hydrogen) atoms. The van der Waals surface area contributed by atoms with Crippen molar-refractivity contribution in [3.63, 3.8) is 0 Å². The number of benzene rings is 1. The summed E-state index contributed by atoms with van der Waals surface area (Å²) in [4.78, 5) is 25.7. The van der Waals surface area contributed by atoms with Crippen LogP contribution in [0.3, 0.4) is 0 Å². The van der Waals surface area contributed by atoms with Gasteiger partial charge in [0, 0.05) is 17.1 Å². The lowest BCUT2D eigenvalue weighted by Crippen LogP contribution is -2.15. The molecule has 4 heterocycles. The monoisotopic (exact) mass is 398 g/mol. The average Bonchev–Trinajstić information content (AvgIpc) is 3.11. The summed E-state index contributed by atoms with van der Waals surface area (Å²) in [5, 5.41) is 6.59. The highest BCUT2D eigenvalue weighted by molar-refractivity contribution is 5.96. The second-order valence-corrected chi connectivity index (χ2v) is 7.05. The molecule has 0 saturated carbocycles. The van der Waals surface area contributed by atoms with E-state index in [-0.39, 0.29) is 0 Å². The van der Waals surface area contributed by atoms with Gasteiger partial charge in [0.05, 0.1) is 22.2 Å². The van der Waals surface area contributed by atoms with Gasteiger partial charge in [-0.05, 0) is 32.0 Å². The molecule has 5 aromatic rings. The smallest absolute Gasteiger partial charge is 0.343 e. The fourth-order valence-electron chi connectivity index (χ4n) is 3.84. The third kappa shape index (κ3) is 2.65. The molecule has 0 aliphatic rings. The fourth-order valence-corrected chi connectivity index (χ4v) is 3.84. The Labute approximate surface area is 171 Å². The Balaban J connectivity index is 1.84. The molecule has 2 N–H and O–H groups in total. The molecule has 5 rings (SSSR count). The van der Waals surface area contributed by atoms with Crippen LogP contribution in [-0.4, -0.2) is 24.7 Å². The number of hydrogen-bond acceptors (Lipinski definition) is 7. The van der Waals surface area contributed by atoms with Gasteiger partial charge in [-0.2, -0.15) is 5.10 Å². The lowest BCUT2D eigenvalue weighted by Gasteiger charge is -2.17. The molecular weight excluding hydrogens is 380 g/mol. The van der Waals surface area contributed by atoms with E-state index in [4.69, 9.17) is 10.2 Å². The van der Waals surface area contributed by atoms with Gasteiger partial charge in [-0.15, -0.1) is 0 Å². The number of nitrogens with two attached hydrogens (primary N) is 1. The first-order valence-corrected chi connectivity index (χ1v) is 9.48. The zero-order valence-electron chi connectivity index (χ0n) is 16.4. The third-order valence-corrected chi connectivity index (χ3v) is 5.23. The average molecular weight is 398 g/mol. The van der Waals surface area contributed by atoms with Crippen LogP contribution in [0.2, 0.25) is 0 Å². The quantitative estimate of drug-likeness (QED) is 0.495. The number of aryl methyl sites for hydroxylation is 1. The van der Waals surface area contributed by atoms with Crippen molar-refractivity contribution in [3.05, 3.63) is 76.9 Å². The van der Waals surface area contributed by atoms with Crippen LogP contribution in [0.4, 0.5) is 5.82 Å². The zero-order valence-corrected chi connectivity index (χ0v) is 16.4. The van der Waals surface area contributed by atoms with Crippen molar-refractivity contribution in [2.75, 3.05) is 5.73 Å². The summed E-state index contributed by atoms with van der Waals surface area (Å²) in [6.07, 6.45) is 3.11. The molecule has 0 aliphatic carbocycles. The number of hydrogen-bond donors (Lipinski definition) is 1. The number of anilines is 1. The second kappa shape index (κ2) is 6.77. The molecule has 148 valence electrons. The van der Waals surface area contributed by atoms with Crippen LogP contribution in [-0.2, 0) is 0 Å². The van der Waals surface area contributed by atoms with Crippen molar-refractivity contribution in [3.8, 4) is 11.3 Å². The first-order valence-electron chi connectivity index (χ1n) is 9.48. The molecule has 0 bridgehead atoms. The lowest BCUT2D eigenvalue weighted by molar-refractivity contribution is 0.404. The normalized spacial score (nSPS) is 12.5. The number of nitrogens with zero attached hydrogens (tertiary/aromatic N) is 5. The van der Waals surface area contributed by atoms with E-state index in [0.717, 1.165) is 10.9 Å². The van der Waals surface area contributed by atoms with E-state index in [2.05, 4.69) is 20.1 Å². The van der Waals surface area contributed by atoms with Gasteiger partial charge in [-0.3, -0.25) is 4.98 Å². The molecule has 1 aromatic carbocycles. The molecule has 4 aromatic heterocycles. The summed E-state index contributed by atoms with van der Waals surface area (Å²) in [5.41, 5.74) is 8.38. The van der Waals surface area contributed by atoms with Crippen LogP contribution in [0.15, 0.2) is 64.2 Å². The van der Waals surface area contributed by atoms with Gasteiger partial charge in [-0.1, -0.05) is 24.3 Å². The van der Waals surface area contributed by atoms with Crippen LogP contribution < -0.4 is 11.4 Å². The molecule has 0 spiro atoms. The number of rotatable bonds is 3. The maximum atomic E-state index is 12.8. The van der Waals surface area contributed by atoms with Crippen molar-refractivity contribution >= 4 is 27.6 Å². The van der Waals surface area contributed by atoms with Gasteiger partial charge < -0.3 is 10.2 Å². The molecule has 0 radical (unpaired) electrons. The zero-order chi connectivity index (χ0) is 20.8. The first-order chi connectivity index (χ1) is 14.6. The predicted molar refractivity (Wildman–Crippen MR) is 114 cm³/mol. The third-order valence-electron chi connectivity index (χ3n) is 5.23. The molecule has 8 nitrogen and oxygen atoms in total. The lowest BCUT2D eigenvalue weighted by atomic mass is 9.99. The van der Waals surface area contributed by atoms with Gasteiger partial charge in [0.15, 0.2) is 5.65 Å². The maximum Gasteiger partial charge on any atom is 0.343 e. The summed E-state index contributed by atoms with van der Waals surface area (Å²) in [7, 11) is 0. The van der Waals surface area contributed by atoms with Crippen LogP contribution in [0.1, 0.15) is 24.4 Å². The molecule has 1 atom stereocenters. The Kier molecular flexibility index (Phi) is 4.06. The summed E-state index contributed by atoms with van der Waals surface area (Å²) in [5.74, 6) is 0.819. The van der Waals surface area contributed by atoms with E-state index >= 15 is 0 Å². The molecule has 1 unspecified atom stereocenters. The molecule has 8 heteroatoms. The van der Waals surface area contributed by atoms with Gasteiger partial charge >= 0.3 is 5.63 Å². The molecular formula is C22H18N6O2. The summed E-state index contributed by atoms with van der Waals surface area (Å²) in [6.45, 7) is 3.76. The topological polar surface area (TPSA) is 113 Å². The number of nitrogen functional groups attached to an aromatic ring is 1. The van der Waals surface area contributed by atoms with E-state index in [1.807, 2.05) is 50.2 Å². The Hall–Kier alpha value is -4.07. The van der Waals surface area contributed by atoms with Crippen molar-refractivity contribution in [1.29, 1.82) is 0 Å². The molecule has 0 saturated heterocycles. The first kappa shape index (κ1) is 18.0. The van der Waals surface area contributed by atoms with Gasteiger partial charge in [0.2, 0.25) is 0 Å². The van der Waals surface area contributed by atoms with E-state index in [0.29, 0.717) is 39.4 Å². The molecule has 0 amide bonds. The molecule has 0 fully saturated rings. The van der Waals surface area contributed by atoms with Crippen LogP contribution in [0.5, 0.6) is 0 Å². The Morgan fingerprint density at radius 2 is 1.80 bits per heavy atom. The Bertz CT molecular complexity index is 1460. The van der Waals surface area contributed by atoms with Crippen LogP contribution in [0.25, 0.3) is 33.1 Å². The van der Waals surface area contributed by atoms with E-state index in [1.165, 1.54) is 6.33 Å². The van der Waals surface area contributed by atoms with Crippen LogP contribution in [0, 0.1) is 6.92 Å². The molecule has 0 aliphatic heterocycles. The number of aromatic nitrogens is 5. The SMILES string of the molecule is Cc1nn(C(C)c2oc(=O)c3ccccc3c2-c2ccccn2)c2ncnc(N)c12. The highest BCUT2D eigenvalue weighted by Crippen LogP contribution is 2.35. The number of pyridine rings is 1. The van der Waals surface area contributed by atoms with Crippen LogP contribution >= 0.6 is 0 Å². The van der Waals surface area contributed by atoms with Crippen molar-refractivity contribution in [2.24, 2.45) is 0 Å². The standard InChI is InChI=1S/C22H18N6O2/c1-12-17-20(23)25-11-26-21(17)28(27-12)13(2)19-18(16-9-5-6-10-24-16)14-7-3-4-8-15(14)22(29)30-19/h3-11,13H,1-2H3,(H2,23,25,26). The van der Waals surface area contributed by atoms with Gasteiger partial charge in [0.1, 0.15) is 23.9 Å². The minimum absolute atomic E-state index is 0.362. The minimum Gasteiger partial charge on any atom is -0.424 e. The second-order valence-electron chi connectivity index (χ2n) is 7.05. The van der Waals surface area contributed by atoms with Crippen molar-refractivity contribution in [1.82, 2.24) is 24.7 Å². The summed E-state index contributed by atoms with van der Waals surface area (Å²) < 4.78 is 7.56. The summed E-state index contributed by atoms with van der Waals surface area (Å²) >= 11 is 0. The van der Waals surface area contributed by atoms with E-state index < -0.39 is 11.7 Å². The maximum absolute atomic E-state index is 12.8. The summed E-state index contributed by atoms with van der Waals surface area (Å²) in [6, 6.07) is 12.6. The van der Waals surface area contributed by atoms with Crippen molar-refractivity contribution in [2.45, 2.75) is 19.9 Å². The minimum atomic E-state index is -0.440. The van der Waals surface area contributed by atoms with Gasteiger partial charge in [-0.25, -0.2) is 19.4 Å². The predicted octanol–water partition coefficient (Wildman–Crippen LogP) is 3.49. The largest absolute Gasteiger partial charge is 0.424 e. The highest BCUT2D eigenvalue weighted by Gasteiger charge is 2.25. The number of fused-ring (bicyclic) bond motifs is 2.